The molecule has 0 saturated heterocycles. The molecule has 2 rings (SSSR count). The molecule has 2 aromatic carbocycles. The number of methoxy groups -OCH3 is 1. The molecule has 0 aliphatic carbocycles. The molecule has 0 spiro atoms. The predicted octanol–water partition coefficient (Wildman–Crippen LogP) is 2.86. The number of hydrogen-bond donors (Lipinski definition) is 2. The van der Waals surface area contributed by atoms with Crippen molar-refractivity contribution in [3.05, 3.63) is 54.1 Å². The molecule has 1 unspecified atom stereocenters. The molecule has 4 heteroatoms. The average molecular weight is 287 g/mol. The Morgan fingerprint density at radius 1 is 1.00 bits per heavy atom. The largest absolute Gasteiger partial charge is 0.497 e. The van der Waals surface area contributed by atoms with E-state index in [0.717, 1.165) is 11.4 Å². The summed E-state index contributed by atoms with van der Waals surface area (Å²) in [5.41, 5.74) is 2.20. The van der Waals surface area contributed by atoms with Crippen LogP contribution in [-0.4, -0.2) is 31.5 Å². The Bertz CT molecular complexity index is 537. The zero-order valence-electron chi connectivity index (χ0n) is 12.4. The van der Waals surface area contributed by atoms with Gasteiger partial charge in [0.1, 0.15) is 24.2 Å². The summed E-state index contributed by atoms with van der Waals surface area (Å²) in [6.45, 7) is 2.73. The second-order valence-corrected chi connectivity index (χ2v) is 4.89. The van der Waals surface area contributed by atoms with Crippen LogP contribution in [0.2, 0.25) is 0 Å². The number of aliphatic hydroxyl groups excluding tert-OH is 1. The number of anilines is 1. The lowest BCUT2D eigenvalue weighted by atomic mass is 10.2. The SMILES string of the molecule is COc1ccc(OCC(O)CNc2ccc(C)cc2)cc1. The molecule has 0 radical (unpaired) electrons. The van der Waals surface area contributed by atoms with Crippen molar-refractivity contribution in [1.29, 1.82) is 0 Å². The summed E-state index contributed by atoms with van der Waals surface area (Å²) in [4.78, 5) is 0. The summed E-state index contributed by atoms with van der Waals surface area (Å²) in [5.74, 6) is 1.49. The molecular weight excluding hydrogens is 266 g/mol. The fourth-order valence-electron chi connectivity index (χ4n) is 1.83. The summed E-state index contributed by atoms with van der Waals surface area (Å²) >= 11 is 0. The maximum atomic E-state index is 9.91. The molecular formula is C17H21NO3. The molecule has 0 fully saturated rings. The molecule has 0 aromatic heterocycles. The average Bonchev–Trinajstić information content (AvgIpc) is 2.53. The molecule has 2 aromatic rings. The third kappa shape index (κ3) is 5.00. The van der Waals surface area contributed by atoms with Crippen LogP contribution in [0.3, 0.4) is 0 Å². The van der Waals surface area contributed by atoms with Crippen molar-refractivity contribution < 1.29 is 14.6 Å². The summed E-state index contributed by atoms with van der Waals surface area (Å²) < 4.78 is 10.6. The van der Waals surface area contributed by atoms with Crippen molar-refractivity contribution in [2.24, 2.45) is 0 Å². The first-order valence-electron chi connectivity index (χ1n) is 6.93. The van der Waals surface area contributed by atoms with Gasteiger partial charge in [-0.25, -0.2) is 0 Å². The van der Waals surface area contributed by atoms with Crippen LogP contribution in [0.15, 0.2) is 48.5 Å². The van der Waals surface area contributed by atoms with E-state index in [9.17, 15) is 5.11 Å². The lowest BCUT2D eigenvalue weighted by Gasteiger charge is -2.14. The van der Waals surface area contributed by atoms with Crippen LogP contribution in [0.1, 0.15) is 5.56 Å². The summed E-state index contributed by atoms with van der Waals surface area (Å²) in [6, 6.07) is 15.3. The van der Waals surface area contributed by atoms with Gasteiger partial charge in [-0.2, -0.15) is 0 Å². The number of nitrogens with one attached hydrogen (secondary N) is 1. The van der Waals surface area contributed by atoms with Crippen molar-refractivity contribution in [3.8, 4) is 11.5 Å². The van der Waals surface area contributed by atoms with Gasteiger partial charge in [0.05, 0.1) is 7.11 Å². The Labute approximate surface area is 125 Å². The molecule has 0 bridgehead atoms. The number of ether oxygens (including phenoxy) is 2. The van der Waals surface area contributed by atoms with Gasteiger partial charge in [-0.05, 0) is 43.3 Å². The van der Waals surface area contributed by atoms with E-state index in [4.69, 9.17) is 9.47 Å². The van der Waals surface area contributed by atoms with Gasteiger partial charge in [-0.15, -0.1) is 0 Å². The van der Waals surface area contributed by atoms with Gasteiger partial charge < -0.3 is 19.9 Å². The minimum Gasteiger partial charge on any atom is -0.497 e. The smallest absolute Gasteiger partial charge is 0.119 e. The Balaban J connectivity index is 1.73. The van der Waals surface area contributed by atoms with Crippen LogP contribution in [0.5, 0.6) is 11.5 Å². The van der Waals surface area contributed by atoms with Crippen molar-refractivity contribution in [2.75, 3.05) is 25.6 Å². The molecule has 0 heterocycles. The van der Waals surface area contributed by atoms with E-state index >= 15 is 0 Å². The lowest BCUT2D eigenvalue weighted by Crippen LogP contribution is -2.26. The van der Waals surface area contributed by atoms with E-state index in [1.54, 1.807) is 7.11 Å². The second kappa shape index (κ2) is 7.55. The molecule has 4 nitrogen and oxygen atoms in total. The Hall–Kier alpha value is -2.20. The first-order chi connectivity index (χ1) is 10.2. The molecule has 0 saturated carbocycles. The van der Waals surface area contributed by atoms with Crippen LogP contribution < -0.4 is 14.8 Å². The van der Waals surface area contributed by atoms with E-state index in [1.165, 1.54) is 5.56 Å². The van der Waals surface area contributed by atoms with Crippen LogP contribution in [-0.2, 0) is 0 Å². The van der Waals surface area contributed by atoms with Crippen molar-refractivity contribution in [3.63, 3.8) is 0 Å². The zero-order chi connectivity index (χ0) is 15.1. The van der Waals surface area contributed by atoms with Gasteiger partial charge in [0.25, 0.3) is 0 Å². The third-order valence-electron chi connectivity index (χ3n) is 3.10. The lowest BCUT2D eigenvalue weighted by molar-refractivity contribution is 0.117. The molecule has 112 valence electrons. The van der Waals surface area contributed by atoms with Gasteiger partial charge in [0.15, 0.2) is 0 Å². The molecule has 0 aliphatic heterocycles. The summed E-state index contributed by atoms with van der Waals surface area (Å²) in [5, 5.41) is 13.1. The highest BCUT2D eigenvalue weighted by molar-refractivity contribution is 5.44. The van der Waals surface area contributed by atoms with Crippen LogP contribution in [0.4, 0.5) is 5.69 Å². The number of hydrogen-bond acceptors (Lipinski definition) is 4. The van der Waals surface area contributed by atoms with E-state index < -0.39 is 6.10 Å². The van der Waals surface area contributed by atoms with E-state index in [1.807, 2.05) is 55.5 Å². The van der Waals surface area contributed by atoms with E-state index in [-0.39, 0.29) is 6.61 Å². The van der Waals surface area contributed by atoms with Crippen LogP contribution in [0, 0.1) is 6.92 Å². The molecule has 0 aliphatic rings. The molecule has 1 atom stereocenters. The van der Waals surface area contributed by atoms with Crippen molar-refractivity contribution in [2.45, 2.75) is 13.0 Å². The Morgan fingerprint density at radius 3 is 2.24 bits per heavy atom. The fraction of sp³-hybridized carbons (Fsp3) is 0.294. The second-order valence-electron chi connectivity index (χ2n) is 4.89. The molecule has 21 heavy (non-hydrogen) atoms. The summed E-state index contributed by atoms with van der Waals surface area (Å²) in [6.07, 6.45) is -0.576. The van der Waals surface area contributed by atoms with Crippen molar-refractivity contribution >= 4 is 5.69 Å². The first-order valence-corrected chi connectivity index (χ1v) is 6.93. The topological polar surface area (TPSA) is 50.7 Å². The van der Waals surface area contributed by atoms with Gasteiger partial charge in [0, 0.05) is 12.2 Å². The highest BCUT2D eigenvalue weighted by atomic mass is 16.5. The normalized spacial score (nSPS) is 11.8. The maximum Gasteiger partial charge on any atom is 0.119 e. The predicted molar refractivity (Wildman–Crippen MR) is 84.2 cm³/mol. The van der Waals surface area contributed by atoms with E-state index in [0.29, 0.717) is 12.3 Å². The number of aliphatic hydroxyl groups is 1. The minimum atomic E-state index is -0.576. The number of rotatable bonds is 7. The van der Waals surface area contributed by atoms with Gasteiger partial charge in [-0.1, -0.05) is 17.7 Å². The first kappa shape index (κ1) is 15.2. The van der Waals surface area contributed by atoms with Gasteiger partial charge >= 0.3 is 0 Å². The number of benzene rings is 2. The van der Waals surface area contributed by atoms with Gasteiger partial charge in [-0.3, -0.25) is 0 Å². The van der Waals surface area contributed by atoms with Gasteiger partial charge in [0.2, 0.25) is 0 Å². The maximum absolute atomic E-state index is 9.91. The standard InChI is InChI=1S/C17H21NO3/c1-13-3-5-14(6-4-13)18-11-15(19)12-21-17-9-7-16(20-2)8-10-17/h3-10,15,18-19H,11-12H2,1-2H3. The van der Waals surface area contributed by atoms with Crippen LogP contribution in [0.25, 0.3) is 0 Å². The quantitative estimate of drug-likeness (QED) is 0.822. The highest BCUT2D eigenvalue weighted by Gasteiger charge is 2.05. The number of aryl methyl sites for hydroxylation is 1. The Morgan fingerprint density at radius 2 is 1.62 bits per heavy atom. The van der Waals surface area contributed by atoms with E-state index in [2.05, 4.69) is 5.32 Å². The van der Waals surface area contributed by atoms with Crippen LogP contribution >= 0.6 is 0 Å². The summed E-state index contributed by atoms with van der Waals surface area (Å²) in [7, 11) is 1.62. The Kier molecular flexibility index (Phi) is 5.46. The zero-order valence-corrected chi connectivity index (χ0v) is 12.4. The third-order valence-corrected chi connectivity index (χ3v) is 3.10. The molecule has 2 N–H and O–H groups in total. The van der Waals surface area contributed by atoms with Crippen molar-refractivity contribution in [1.82, 2.24) is 0 Å². The molecule has 0 amide bonds. The highest BCUT2D eigenvalue weighted by Crippen LogP contribution is 2.17. The minimum absolute atomic E-state index is 0.241. The monoisotopic (exact) mass is 287 g/mol. The fourth-order valence-corrected chi connectivity index (χ4v) is 1.83.